The third-order valence-electron chi connectivity index (χ3n) is 3.08. The van der Waals surface area contributed by atoms with E-state index in [1.54, 1.807) is 45.0 Å². The topological polar surface area (TPSA) is 81.7 Å². The molecule has 0 radical (unpaired) electrons. The van der Waals surface area contributed by atoms with Gasteiger partial charge in [0.2, 0.25) is 0 Å². The van der Waals surface area contributed by atoms with Crippen molar-refractivity contribution in [2.45, 2.75) is 45.1 Å². The zero-order valence-electron chi connectivity index (χ0n) is 12.8. The maximum atomic E-state index is 11.7. The van der Waals surface area contributed by atoms with Crippen molar-refractivity contribution in [2.24, 2.45) is 0 Å². The van der Waals surface area contributed by atoms with E-state index in [1.807, 2.05) is 0 Å². The molecule has 2 rings (SSSR count). The predicted molar refractivity (Wildman–Crippen MR) is 79.4 cm³/mol. The van der Waals surface area contributed by atoms with E-state index in [0.717, 1.165) is 5.56 Å². The average Bonchev–Trinajstić information content (AvgIpc) is 2.36. The molecule has 1 aliphatic rings. The standard InChI is InChI=1S/C16H19NO5/c1-16(2,3)22-15(20)17-12-6-4-10(5-7-12)11-8-13(18)21-14(19)9-11/h4-7,11H,8-9H2,1-3H3,(H,17,20). The van der Waals surface area contributed by atoms with E-state index in [4.69, 9.17) is 4.74 Å². The Bertz CT molecular complexity index is 570. The molecule has 1 amide bonds. The Morgan fingerprint density at radius 1 is 1.14 bits per heavy atom. The van der Waals surface area contributed by atoms with E-state index in [0.29, 0.717) is 5.69 Å². The number of esters is 2. The van der Waals surface area contributed by atoms with Crippen LogP contribution in [-0.2, 0) is 19.1 Å². The SMILES string of the molecule is CC(C)(C)OC(=O)Nc1ccc(C2CC(=O)OC(=O)C2)cc1. The molecule has 0 unspecified atom stereocenters. The van der Waals surface area contributed by atoms with Crippen molar-refractivity contribution in [3.05, 3.63) is 29.8 Å². The van der Waals surface area contributed by atoms with Crippen molar-refractivity contribution < 1.29 is 23.9 Å². The average molecular weight is 305 g/mol. The summed E-state index contributed by atoms with van der Waals surface area (Å²) in [6, 6.07) is 6.99. The molecule has 0 spiro atoms. The van der Waals surface area contributed by atoms with Gasteiger partial charge >= 0.3 is 18.0 Å². The second kappa shape index (κ2) is 6.17. The van der Waals surface area contributed by atoms with Gasteiger partial charge in [-0.05, 0) is 38.5 Å². The first-order valence-electron chi connectivity index (χ1n) is 7.06. The fraction of sp³-hybridized carbons (Fsp3) is 0.438. The summed E-state index contributed by atoms with van der Waals surface area (Å²) in [5, 5.41) is 2.63. The van der Waals surface area contributed by atoms with E-state index in [1.165, 1.54) is 0 Å². The van der Waals surface area contributed by atoms with Crippen molar-refractivity contribution >= 4 is 23.7 Å². The lowest BCUT2D eigenvalue weighted by atomic mass is 9.91. The van der Waals surface area contributed by atoms with Gasteiger partial charge in [-0.1, -0.05) is 12.1 Å². The molecule has 1 heterocycles. The van der Waals surface area contributed by atoms with Crippen LogP contribution in [0.1, 0.15) is 45.1 Å². The number of cyclic esters (lactones) is 2. The van der Waals surface area contributed by atoms with Crippen LogP contribution in [0.4, 0.5) is 10.5 Å². The number of benzene rings is 1. The number of hydrogen-bond acceptors (Lipinski definition) is 5. The summed E-state index contributed by atoms with van der Waals surface area (Å²) in [4.78, 5) is 34.2. The van der Waals surface area contributed by atoms with Gasteiger partial charge in [-0.2, -0.15) is 0 Å². The minimum Gasteiger partial charge on any atom is -0.444 e. The highest BCUT2D eigenvalue weighted by Gasteiger charge is 2.28. The Morgan fingerprint density at radius 3 is 2.18 bits per heavy atom. The fourth-order valence-corrected chi connectivity index (χ4v) is 2.18. The van der Waals surface area contributed by atoms with Gasteiger partial charge < -0.3 is 9.47 Å². The first-order chi connectivity index (χ1) is 10.2. The monoisotopic (exact) mass is 305 g/mol. The molecule has 0 aromatic heterocycles. The number of nitrogens with one attached hydrogen (secondary N) is 1. The minimum absolute atomic E-state index is 0.177. The summed E-state index contributed by atoms with van der Waals surface area (Å²) in [6.07, 6.45) is -0.161. The molecular formula is C16H19NO5. The van der Waals surface area contributed by atoms with E-state index in [9.17, 15) is 14.4 Å². The normalized spacial score (nSPS) is 16.1. The summed E-state index contributed by atoms with van der Waals surface area (Å²) in [5.74, 6) is -1.18. The van der Waals surface area contributed by atoms with Gasteiger partial charge in [0.25, 0.3) is 0 Å². The van der Waals surface area contributed by atoms with Gasteiger partial charge in [0.05, 0.1) is 12.8 Å². The second-order valence-corrected chi connectivity index (χ2v) is 6.20. The Balaban J connectivity index is 2.00. The molecular weight excluding hydrogens is 286 g/mol. The number of ether oxygens (including phenoxy) is 2. The van der Waals surface area contributed by atoms with Gasteiger partial charge in [0.1, 0.15) is 5.60 Å². The summed E-state index contributed by atoms with van der Waals surface area (Å²) in [6.45, 7) is 5.36. The van der Waals surface area contributed by atoms with Crippen LogP contribution < -0.4 is 5.32 Å². The molecule has 0 bridgehead atoms. The Morgan fingerprint density at radius 2 is 1.68 bits per heavy atom. The van der Waals surface area contributed by atoms with E-state index >= 15 is 0 Å². The van der Waals surface area contributed by atoms with Crippen molar-refractivity contribution in [1.82, 2.24) is 0 Å². The van der Waals surface area contributed by atoms with Gasteiger partial charge in [-0.15, -0.1) is 0 Å². The van der Waals surface area contributed by atoms with Crippen molar-refractivity contribution in [3.8, 4) is 0 Å². The quantitative estimate of drug-likeness (QED) is 0.671. The Kier molecular flexibility index (Phi) is 4.49. The lowest BCUT2D eigenvalue weighted by Gasteiger charge is -2.21. The van der Waals surface area contributed by atoms with Crippen molar-refractivity contribution in [3.63, 3.8) is 0 Å². The lowest BCUT2D eigenvalue weighted by Crippen LogP contribution is -2.27. The summed E-state index contributed by atoms with van der Waals surface area (Å²) < 4.78 is 9.67. The lowest BCUT2D eigenvalue weighted by molar-refractivity contribution is -0.163. The predicted octanol–water partition coefficient (Wildman–Crippen LogP) is 2.98. The van der Waals surface area contributed by atoms with Crippen LogP contribution in [0.2, 0.25) is 0 Å². The van der Waals surface area contributed by atoms with Crippen LogP contribution in [0.3, 0.4) is 0 Å². The first kappa shape index (κ1) is 16.0. The van der Waals surface area contributed by atoms with Gasteiger partial charge in [-0.25, -0.2) is 4.79 Å². The van der Waals surface area contributed by atoms with Crippen LogP contribution >= 0.6 is 0 Å². The summed E-state index contributed by atoms with van der Waals surface area (Å²) >= 11 is 0. The van der Waals surface area contributed by atoms with Crippen LogP contribution in [0.25, 0.3) is 0 Å². The van der Waals surface area contributed by atoms with E-state index in [-0.39, 0.29) is 18.8 Å². The third kappa shape index (κ3) is 4.58. The molecule has 6 nitrogen and oxygen atoms in total. The van der Waals surface area contributed by atoms with Crippen LogP contribution in [0, 0.1) is 0 Å². The molecule has 22 heavy (non-hydrogen) atoms. The van der Waals surface area contributed by atoms with Gasteiger partial charge in [0, 0.05) is 11.6 Å². The summed E-state index contributed by atoms with van der Waals surface area (Å²) in [5.41, 5.74) is 0.884. The summed E-state index contributed by atoms with van der Waals surface area (Å²) in [7, 11) is 0. The molecule has 0 atom stereocenters. The smallest absolute Gasteiger partial charge is 0.412 e. The zero-order valence-corrected chi connectivity index (χ0v) is 12.8. The fourth-order valence-electron chi connectivity index (χ4n) is 2.18. The molecule has 118 valence electrons. The molecule has 1 fully saturated rings. The van der Waals surface area contributed by atoms with Crippen molar-refractivity contribution in [2.75, 3.05) is 5.32 Å². The maximum absolute atomic E-state index is 11.7. The minimum atomic E-state index is -0.563. The van der Waals surface area contributed by atoms with Crippen molar-refractivity contribution in [1.29, 1.82) is 0 Å². The van der Waals surface area contributed by atoms with Gasteiger partial charge in [-0.3, -0.25) is 14.9 Å². The molecule has 1 N–H and O–H groups in total. The number of carbonyl (C=O) groups excluding carboxylic acids is 3. The Labute approximate surface area is 128 Å². The molecule has 6 heteroatoms. The maximum Gasteiger partial charge on any atom is 0.412 e. The number of rotatable bonds is 2. The number of amides is 1. The highest BCUT2D eigenvalue weighted by atomic mass is 16.6. The zero-order chi connectivity index (χ0) is 16.3. The van der Waals surface area contributed by atoms with E-state index in [2.05, 4.69) is 10.1 Å². The number of carbonyl (C=O) groups is 3. The largest absolute Gasteiger partial charge is 0.444 e. The van der Waals surface area contributed by atoms with E-state index < -0.39 is 23.6 Å². The second-order valence-electron chi connectivity index (χ2n) is 6.20. The Hall–Kier alpha value is -2.37. The molecule has 0 saturated carbocycles. The number of anilines is 1. The van der Waals surface area contributed by atoms with Gasteiger partial charge in [0.15, 0.2) is 0 Å². The molecule has 1 aromatic carbocycles. The van der Waals surface area contributed by atoms with Crippen LogP contribution in [0.5, 0.6) is 0 Å². The number of hydrogen-bond donors (Lipinski definition) is 1. The highest BCUT2D eigenvalue weighted by molar-refractivity contribution is 5.89. The molecule has 1 aliphatic heterocycles. The molecule has 0 aliphatic carbocycles. The third-order valence-corrected chi connectivity index (χ3v) is 3.08. The molecule has 1 aromatic rings. The molecule has 1 saturated heterocycles. The van der Waals surface area contributed by atoms with Crippen LogP contribution in [-0.4, -0.2) is 23.6 Å². The highest BCUT2D eigenvalue weighted by Crippen LogP contribution is 2.29. The first-order valence-corrected chi connectivity index (χ1v) is 7.06. The van der Waals surface area contributed by atoms with Crippen LogP contribution in [0.15, 0.2) is 24.3 Å².